The molecule has 0 saturated heterocycles. The van der Waals surface area contributed by atoms with Crippen molar-refractivity contribution in [2.75, 3.05) is 13.7 Å². The van der Waals surface area contributed by atoms with E-state index in [-0.39, 0.29) is 11.4 Å². The molecule has 3 N–H and O–H groups in total. The van der Waals surface area contributed by atoms with Crippen molar-refractivity contribution in [1.82, 2.24) is 5.32 Å². The maximum Gasteiger partial charge on any atom is 0.251 e. The van der Waals surface area contributed by atoms with E-state index < -0.39 is 0 Å². The normalized spacial score (nSPS) is 14.0. The molecule has 0 fully saturated rings. The minimum Gasteiger partial charge on any atom is -0.497 e. The quantitative estimate of drug-likeness (QED) is 0.827. The van der Waals surface area contributed by atoms with E-state index >= 15 is 0 Å². The number of nitrogens with one attached hydrogen (secondary N) is 1. The summed E-state index contributed by atoms with van der Waals surface area (Å²) in [6, 6.07) is 7.11. The van der Waals surface area contributed by atoms with Crippen LogP contribution in [0.15, 0.2) is 24.3 Å². The summed E-state index contributed by atoms with van der Waals surface area (Å²) in [4.78, 5) is 12.2. The van der Waals surface area contributed by atoms with E-state index in [1.165, 1.54) is 0 Å². The summed E-state index contributed by atoms with van der Waals surface area (Å²) in [7, 11) is 1.58. The van der Waals surface area contributed by atoms with Gasteiger partial charge in [0.15, 0.2) is 0 Å². The highest BCUT2D eigenvalue weighted by Crippen LogP contribution is 2.17. The minimum absolute atomic E-state index is 0.118. The van der Waals surface area contributed by atoms with Gasteiger partial charge in [-0.3, -0.25) is 4.79 Å². The summed E-state index contributed by atoms with van der Waals surface area (Å²) in [6.45, 7) is 6.63. The molecule has 0 aromatic heterocycles. The summed E-state index contributed by atoms with van der Waals surface area (Å²) in [6.07, 6.45) is 0.846. The van der Waals surface area contributed by atoms with Crippen LogP contribution in [0.2, 0.25) is 0 Å². The van der Waals surface area contributed by atoms with E-state index in [1.807, 2.05) is 13.0 Å². The Balaban J connectivity index is 2.82. The summed E-state index contributed by atoms with van der Waals surface area (Å²) < 4.78 is 5.12. The minimum atomic E-state index is -0.381. The maximum absolute atomic E-state index is 12.2. The number of nitrogens with two attached hydrogens (primary N) is 1. The molecule has 4 nitrogen and oxygen atoms in total. The van der Waals surface area contributed by atoms with Gasteiger partial charge in [0.25, 0.3) is 5.91 Å². The summed E-state index contributed by atoms with van der Waals surface area (Å²) in [5.74, 6) is 1.03. The number of hydrogen-bond donors (Lipinski definition) is 2. The molecule has 0 saturated carbocycles. The molecule has 1 amide bonds. The second kappa shape index (κ2) is 6.57. The number of benzene rings is 1. The lowest BCUT2D eigenvalue weighted by atomic mass is 9.90. The Labute approximate surface area is 115 Å². The lowest BCUT2D eigenvalue weighted by Gasteiger charge is -2.31. The van der Waals surface area contributed by atoms with Crippen LogP contribution in [0, 0.1) is 5.92 Å². The van der Waals surface area contributed by atoms with Crippen LogP contribution in [0.3, 0.4) is 0 Å². The monoisotopic (exact) mass is 264 g/mol. The Kier molecular flexibility index (Phi) is 5.36. The first kappa shape index (κ1) is 15.5. The molecule has 0 aliphatic carbocycles. The van der Waals surface area contributed by atoms with Gasteiger partial charge in [0, 0.05) is 17.6 Å². The van der Waals surface area contributed by atoms with Crippen LogP contribution in [-0.2, 0) is 0 Å². The molecular formula is C15H24N2O2. The lowest BCUT2D eigenvalue weighted by Crippen LogP contribution is -2.52. The van der Waals surface area contributed by atoms with Crippen molar-refractivity contribution in [2.24, 2.45) is 11.7 Å². The number of carbonyl (C=O) groups excluding carboxylic acids is 1. The topological polar surface area (TPSA) is 64.3 Å². The summed E-state index contributed by atoms with van der Waals surface area (Å²) in [5, 5.41) is 3.02. The zero-order valence-corrected chi connectivity index (χ0v) is 12.2. The number of rotatable bonds is 6. The molecule has 0 bridgehead atoms. The first-order valence-corrected chi connectivity index (χ1v) is 6.57. The highest BCUT2D eigenvalue weighted by Gasteiger charge is 2.26. The van der Waals surface area contributed by atoms with Crippen molar-refractivity contribution >= 4 is 5.91 Å². The van der Waals surface area contributed by atoms with Gasteiger partial charge < -0.3 is 15.8 Å². The molecule has 1 unspecified atom stereocenters. The molecule has 0 heterocycles. The van der Waals surface area contributed by atoms with Crippen LogP contribution in [0.5, 0.6) is 5.75 Å². The third-order valence-electron chi connectivity index (χ3n) is 3.06. The Bertz CT molecular complexity index is 432. The molecule has 0 aliphatic rings. The smallest absolute Gasteiger partial charge is 0.251 e. The van der Waals surface area contributed by atoms with Gasteiger partial charge in [0.2, 0.25) is 0 Å². The predicted molar refractivity (Wildman–Crippen MR) is 77.4 cm³/mol. The molecule has 1 aromatic carbocycles. The molecule has 1 atom stereocenters. The van der Waals surface area contributed by atoms with Crippen molar-refractivity contribution in [1.29, 1.82) is 0 Å². The molecular weight excluding hydrogens is 240 g/mol. The number of methoxy groups -OCH3 is 1. The van der Waals surface area contributed by atoms with Crippen molar-refractivity contribution in [3.63, 3.8) is 0 Å². The van der Waals surface area contributed by atoms with Crippen LogP contribution in [0.4, 0.5) is 0 Å². The third kappa shape index (κ3) is 4.56. The fourth-order valence-electron chi connectivity index (χ4n) is 2.20. The second-order valence-electron chi connectivity index (χ2n) is 5.55. The number of amides is 1. The zero-order valence-electron chi connectivity index (χ0n) is 12.2. The van der Waals surface area contributed by atoms with Crippen molar-refractivity contribution in [3.8, 4) is 5.75 Å². The first-order valence-electron chi connectivity index (χ1n) is 6.57. The highest BCUT2D eigenvalue weighted by molar-refractivity contribution is 5.95. The van der Waals surface area contributed by atoms with E-state index in [1.54, 1.807) is 25.3 Å². The number of hydrogen-bond acceptors (Lipinski definition) is 3. The lowest BCUT2D eigenvalue weighted by molar-refractivity contribution is 0.0898. The summed E-state index contributed by atoms with van der Waals surface area (Å²) in [5.41, 5.74) is 6.00. The van der Waals surface area contributed by atoms with E-state index in [4.69, 9.17) is 10.5 Å². The Morgan fingerprint density at radius 2 is 2.16 bits per heavy atom. The van der Waals surface area contributed by atoms with Crippen molar-refractivity contribution in [2.45, 2.75) is 32.7 Å². The standard InChI is InChI=1S/C15H24N2O2/c1-11(2)9-15(3,10-16)17-14(18)12-6-5-7-13(8-12)19-4/h5-8,11H,9-10,16H2,1-4H3,(H,17,18). The van der Waals surface area contributed by atoms with Gasteiger partial charge in [-0.2, -0.15) is 0 Å². The Hall–Kier alpha value is -1.55. The SMILES string of the molecule is COc1cccc(C(=O)NC(C)(CN)CC(C)C)c1. The highest BCUT2D eigenvalue weighted by atomic mass is 16.5. The average Bonchev–Trinajstić information content (AvgIpc) is 2.37. The van der Waals surface area contributed by atoms with E-state index in [9.17, 15) is 4.79 Å². The number of carbonyl (C=O) groups is 1. The molecule has 1 aromatic rings. The fourth-order valence-corrected chi connectivity index (χ4v) is 2.20. The molecule has 106 valence electrons. The van der Waals surface area contributed by atoms with Gasteiger partial charge in [-0.1, -0.05) is 19.9 Å². The van der Waals surface area contributed by atoms with Crippen molar-refractivity contribution in [3.05, 3.63) is 29.8 Å². The largest absolute Gasteiger partial charge is 0.497 e. The average molecular weight is 264 g/mol. The van der Waals surface area contributed by atoms with Gasteiger partial charge in [-0.15, -0.1) is 0 Å². The van der Waals surface area contributed by atoms with Gasteiger partial charge in [0.1, 0.15) is 5.75 Å². The molecule has 4 heteroatoms. The summed E-state index contributed by atoms with van der Waals surface area (Å²) >= 11 is 0. The van der Waals surface area contributed by atoms with Gasteiger partial charge >= 0.3 is 0 Å². The van der Waals surface area contributed by atoms with Gasteiger partial charge in [0.05, 0.1) is 7.11 Å². The third-order valence-corrected chi connectivity index (χ3v) is 3.06. The van der Waals surface area contributed by atoms with E-state index in [0.29, 0.717) is 23.8 Å². The maximum atomic E-state index is 12.2. The molecule has 19 heavy (non-hydrogen) atoms. The van der Waals surface area contributed by atoms with E-state index in [0.717, 1.165) is 6.42 Å². The van der Waals surface area contributed by atoms with Crippen LogP contribution >= 0.6 is 0 Å². The Morgan fingerprint density at radius 1 is 1.47 bits per heavy atom. The fraction of sp³-hybridized carbons (Fsp3) is 0.533. The first-order chi connectivity index (χ1) is 8.90. The van der Waals surface area contributed by atoms with E-state index in [2.05, 4.69) is 19.2 Å². The predicted octanol–water partition coefficient (Wildman–Crippen LogP) is 2.19. The van der Waals surface area contributed by atoms with Crippen LogP contribution in [-0.4, -0.2) is 25.1 Å². The molecule has 0 aliphatic heterocycles. The molecule has 0 spiro atoms. The second-order valence-corrected chi connectivity index (χ2v) is 5.55. The molecule has 0 radical (unpaired) electrons. The van der Waals surface area contributed by atoms with Crippen LogP contribution in [0.1, 0.15) is 37.6 Å². The molecule has 1 rings (SSSR count). The van der Waals surface area contributed by atoms with Crippen LogP contribution < -0.4 is 15.8 Å². The van der Waals surface area contributed by atoms with Gasteiger partial charge in [-0.25, -0.2) is 0 Å². The van der Waals surface area contributed by atoms with Crippen molar-refractivity contribution < 1.29 is 9.53 Å². The van der Waals surface area contributed by atoms with Crippen LogP contribution in [0.25, 0.3) is 0 Å². The Morgan fingerprint density at radius 3 is 2.68 bits per heavy atom. The van der Waals surface area contributed by atoms with Gasteiger partial charge in [-0.05, 0) is 37.5 Å². The number of ether oxygens (including phenoxy) is 1. The zero-order chi connectivity index (χ0) is 14.5.